The van der Waals surface area contributed by atoms with Crippen LogP contribution in [0.1, 0.15) is 31.7 Å². The lowest BCUT2D eigenvalue weighted by molar-refractivity contribution is -0.124. The second-order valence-electron chi connectivity index (χ2n) is 7.46. The Morgan fingerprint density at radius 1 is 1.33 bits per heavy atom. The second kappa shape index (κ2) is 7.76. The van der Waals surface area contributed by atoms with Crippen molar-refractivity contribution in [3.8, 4) is 5.75 Å². The zero-order valence-corrected chi connectivity index (χ0v) is 16.5. The maximum Gasteiger partial charge on any atom is 0.271 e. The quantitative estimate of drug-likeness (QED) is 0.775. The number of methoxy groups -OCH3 is 1. The Hall–Kier alpha value is -2.28. The number of amides is 2. The number of hydrogen-bond acceptors (Lipinski definition) is 5. The molecule has 2 aliphatic heterocycles. The largest absolute Gasteiger partial charge is 0.497 e. The maximum absolute atomic E-state index is 12.9. The molecule has 1 saturated heterocycles. The van der Waals surface area contributed by atoms with Gasteiger partial charge in [-0.15, -0.1) is 11.6 Å². The summed E-state index contributed by atoms with van der Waals surface area (Å²) in [7, 11) is 1.61. The van der Waals surface area contributed by atoms with Gasteiger partial charge in [0.05, 0.1) is 13.2 Å². The number of nitrogens with one attached hydrogen (secondary N) is 1. The zero-order chi connectivity index (χ0) is 19.6. The first kappa shape index (κ1) is 19.5. The summed E-state index contributed by atoms with van der Waals surface area (Å²) in [6.07, 6.45) is 0.467. The molecule has 2 atom stereocenters. The number of rotatable bonds is 5. The van der Waals surface area contributed by atoms with E-state index < -0.39 is 5.60 Å². The van der Waals surface area contributed by atoms with Gasteiger partial charge in [-0.05, 0) is 31.5 Å². The van der Waals surface area contributed by atoms with E-state index in [-0.39, 0.29) is 29.7 Å². The van der Waals surface area contributed by atoms with Gasteiger partial charge in [0.25, 0.3) is 5.91 Å². The van der Waals surface area contributed by atoms with E-state index in [4.69, 9.17) is 21.2 Å². The van der Waals surface area contributed by atoms with E-state index >= 15 is 0 Å². The van der Waals surface area contributed by atoms with Crippen molar-refractivity contribution in [3.05, 3.63) is 29.8 Å². The van der Waals surface area contributed by atoms with Crippen molar-refractivity contribution >= 4 is 29.1 Å². The molecule has 2 heterocycles. The van der Waals surface area contributed by atoms with Crippen LogP contribution in [0.15, 0.2) is 29.4 Å². The fourth-order valence-corrected chi connectivity index (χ4v) is 3.57. The van der Waals surface area contributed by atoms with Crippen molar-refractivity contribution in [2.45, 2.75) is 37.8 Å². The van der Waals surface area contributed by atoms with E-state index in [0.717, 1.165) is 11.3 Å². The van der Waals surface area contributed by atoms with Crippen molar-refractivity contribution in [2.75, 3.05) is 26.1 Å². The minimum atomic E-state index is -0.466. The molecule has 0 bridgehead atoms. The Morgan fingerprint density at radius 3 is 2.59 bits per heavy atom. The van der Waals surface area contributed by atoms with Crippen LogP contribution < -0.4 is 10.1 Å². The normalized spacial score (nSPS) is 23.6. The van der Waals surface area contributed by atoms with Gasteiger partial charge in [0.2, 0.25) is 5.91 Å². The first-order valence-electron chi connectivity index (χ1n) is 8.86. The number of nitrogens with zero attached hydrogens (tertiary/aromatic N) is 2. The Labute approximate surface area is 163 Å². The highest BCUT2D eigenvalue weighted by Crippen LogP contribution is 2.31. The number of oxime groups is 1. The van der Waals surface area contributed by atoms with Gasteiger partial charge in [-0.2, -0.15) is 0 Å². The van der Waals surface area contributed by atoms with E-state index in [1.54, 1.807) is 12.0 Å². The summed E-state index contributed by atoms with van der Waals surface area (Å²) >= 11 is 5.65. The predicted molar refractivity (Wildman–Crippen MR) is 102 cm³/mol. The van der Waals surface area contributed by atoms with Crippen LogP contribution in [0.25, 0.3) is 0 Å². The summed E-state index contributed by atoms with van der Waals surface area (Å²) in [5.74, 6) is 0.196. The van der Waals surface area contributed by atoms with Crippen molar-refractivity contribution in [1.82, 2.24) is 10.2 Å². The average molecular weight is 394 g/mol. The monoisotopic (exact) mass is 393 g/mol. The number of hydrogen-bond donors (Lipinski definition) is 1. The minimum Gasteiger partial charge on any atom is -0.497 e. The fourth-order valence-electron chi connectivity index (χ4n) is 3.49. The highest BCUT2D eigenvalue weighted by molar-refractivity contribution is 6.39. The Balaban J connectivity index is 1.78. The van der Waals surface area contributed by atoms with E-state index in [0.29, 0.717) is 25.2 Å². The van der Waals surface area contributed by atoms with Crippen LogP contribution in [0.3, 0.4) is 0 Å². The highest BCUT2D eigenvalue weighted by Gasteiger charge is 2.41. The minimum absolute atomic E-state index is 0.0389. The third-order valence-electron chi connectivity index (χ3n) is 4.86. The number of likely N-dealkylation sites (tertiary alicyclic amines) is 1. The van der Waals surface area contributed by atoms with Crippen LogP contribution in [-0.2, 0) is 14.4 Å². The molecule has 0 radical (unpaired) electrons. The summed E-state index contributed by atoms with van der Waals surface area (Å²) < 4.78 is 5.21. The van der Waals surface area contributed by atoms with Gasteiger partial charge in [-0.1, -0.05) is 17.3 Å². The van der Waals surface area contributed by atoms with Crippen LogP contribution in [0.4, 0.5) is 0 Å². The third-order valence-corrected chi connectivity index (χ3v) is 5.10. The zero-order valence-electron chi connectivity index (χ0n) is 15.7. The van der Waals surface area contributed by atoms with Crippen LogP contribution in [0.5, 0.6) is 5.75 Å². The standard InChI is InChI=1S/C19H24ClN3O4/c1-19(2)8-15(22-27-19)18(25)23-10-14(16(11-23)21-17(24)9-20)12-4-6-13(26-3)7-5-12/h4-7,14,16H,8-11H2,1-3H3,(H,21,24)/t14-,16+/m0/s1. The molecule has 146 valence electrons. The lowest BCUT2D eigenvalue weighted by Gasteiger charge is -2.19. The Kier molecular flexibility index (Phi) is 5.60. The predicted octanol–water partition coefficient (Wildman–Crippen LogP) is 1.90. The number of carbonyl (C=O) groups is 2. The van der Waals surface area contributed by atoms with Gasteiger partial charge < -0.3 is 19.8 Å². The molecule has 0 aliphatic carbocycles. The first-order chi connectivity index (χ1) is 12.8. The van der Waals surface area contributed by atoms with E-state index in [1.807, 2.05) is 38.1 Å². The smallest absolute Gasteiger partial charge is 0.271 e. The van der Waals surface area contributed by atoms with Crippen molar-refractivity contribution < 1.29 is 19.2 Å². The second-order valence-corrected chi connectivity index (χ2v) is 7.73. The van der Waals surface area contributed by atoms with Crippen LogP contribution >= 0.6 is 11.6 Å². The van der Waals surface area contributed by atoms with Gasteiger partial charge >= 0.3 is 0 Å². The molecule has 27 heavy (non-hydrogen) atoms. The molecule has 2 aliphatic rings. The molecule has 8 heteroatoms. The van der Waals surface area contributed by atoms with Gasteiger partial charge in [0, 0.05) is 25.4 Å². The summed E-state index contributed by atoms with van der Waals surface area (Å²) in [6.45, 7) is 4.67. The van der Waals surface area contributed by atoms with Crippen molar-refractivity contribution in [1.29, 1.82) is 0 Å². The first-order valence-corrected chi connectivity index (χ1v) is 9.40. The van der Waals surface area contributed by atoms with E-state index in [9.17, 15) is 9.59 Å². The molecule has 1 fully saturated rings. The summed E-state index contributed by atoms with van der Waals surface area (Å²) in [5.41, 5.74) is 0.973. The van der Waals surface area contributed by atoms with Crippen LogP contribution in [-0.4, -0.2) is 60.1 Å². The topological polar surface area (TPSA) is 80.2 Å². The average Bonchev–Trinajstić information content (AvgIpc) is 3.24. The maximum atomic E-state index is 12.9. The number of halogens is 1. The summed E-state index contributed by atoms with van der Waals surface area (Å²) in [6, 6.07) is 7.44. The molecule has 3 rings (SSSR count). The number of ether oxygens (including phenoxy) is 1. The third kappa shape index (κ3) is 4.35. The van der Waals surface area contributed by atoms with Crippen LogP contribution in [0, 0.1) is 0 Å². The molecule has 7 nitrogen and oxygen atoms in total. The molecule has 2 amide bonds. The Morgan fingerprint density at radius 2 is 2.04 bits per heavy atom. The summed E-state index contributed by atoms with van der Waals surface area (Å²) in [4.78, 5) is 31.8. The number of alkyl halides is 1. The molecule has 0 aromatic heterocycles. The van der Waals surface area contributed by atoms with Crippen molar-refractivity contribution in [3.63, 3.8) is 0 Å². The SMILES string of the molecule is COc1ccc([C@@H]2CN(C(=O)C3=NOC(C)(C)C3)C[C@H]2NC(=O)CCl)cc1. The van der Waals surface area contributed by atoms with Crippen LogP contribution in [0.2, 0.25) is 0 Å². The summed E-state index contributed by atoms with van der Waals surface area (Å²) in [5, 5.41) is 6.89. The van der Waals surface area contributed by atoms with Crippen molar-refractivity contribution in [2.24, 2.45) is 5.16 Å². The molecule has 1 aromatic rings. The van der Waals surface area contributed by atoms with Gasteiger partial charge in [0.15, 0.2) is 0 Å². The molecule has 0 unspecified atom stereocenters. The number of benzene rings is 1. The number of carbonyl (C=O) groups excluding carboxylic acids is 2. The van der Waals surface area contributed by atoms with Gasteiger partial charge in [-0.25, -0.2) is 0 Å². The van der Waals surface area contributed by atoms with E-state index in [2.05, 4.69) is 10.5 Å². The van der Waals surface area contributed by atoms with E-state index in [1.165, 1.54) is 0 Å². The molecule has 1 N–H and O–H groups in total. The highest BCUT2D eigenvalue weighted by atomic mass is 35.5. The Bertz CT molecular complexity index is 748. The van der Waals surface area contributed by atoms with Gasteiger partial charge in [-0.3, -0.25) is 9.59 Å². The molecule has 1 aromatic carbocycles. The lowest BCUT2D eigenvalue weighted by Crippen LogP contribution is -2.42. The fraction of sp³-hybridized carbons (Fsp3) is 0.526. The molecular weight excluding hydrogens is 370 g/mol. The van der Waals surface area contributed by atoms with Gasteiger partial charge in [0.1, 0.15) is 22.9 Å². The lowest BCUT2D eigenvalue weighted by atomic mass is 9.94. The molecule has 0 saturated carbocycles. The molecular formula is C19H24ClN3O4. The molecule has 0 spiro atoms.